The minimum absolute atomic E-state index is 0.0178. The number of hydrogen-bond acceptors (Lipinski definition) is 2. The van der Waals surface area contributed by atoms with E-state index in [9.17, 15) is 13.2 Å². The second-order valence-electron chi connectivity index (χ2n) is 3.63. The highest BCUT2D eigenvalue weighted by atomic mass is 79.9. The van der Waals surface area contributed by atoms with Gasteiger partial charge in [-0.1, -0.05) is 18.2 Å². The van der Waals surface area contributed by atoms with Gasteiger partial charge < -0.3 is 5.73 Å². The van der Waals surface area contributed by atoms with Crippen molar-refractivity contribution in [3.8, 4) is 11.3 Å². The van der Waals surface area contributed by atoms with Gasteiger partial charge >= 0.3 is 6.18 Å². The van der Waals surface area contributed by atoms with Crippen molar-refractivity contribution in [2.24, 2.45) is 0 Å². The average Bonchev–Trinajstić information content (AvgIpc) is 2.32. The predicted octanol–water partition coefficient (Wildman–Crippen LogP) is 4.11. The quantitative estimate of drug-likeness (QED) is 0.859. The minimum Gasteiger partial charge on any atom is -0.398 e. The average molecular weight is 317 g/mol. The molecule has 0 aliphatic carbocycles. The van der Waals surface area contributed by atoms with Crippen LogP contribution in [0.2, 0.25) is 0 Å². The number of nitrogens with zero attached hydrogens (tertiary/aromatic N) is 1. The topological polar surface area (TPSA) is 38.9 Å². The highest BCUT2D eigenvalue weighted by Crippen LogP contribution is 2.37. The molecule has 1 aromatic carbocycles. The molecule has 2 rings (SSSR count). The van der Waals surface area contributed by atoms with E-state index in [1.807, 2.05) is 0 Å². The van der Waals surface area contributed by atoms with Crippen LogP contribution in [0.1, 0.15) is 5.56 Å². The molecule has 0 amide bonds. The van der Waals surface area contributed by atoms with Crippen LogP contribution in [0.25, 0.3) is 11.3 Å². The smallest absolute Gasteiger partial charge is 0.398 e. The highest BCUT2D eigenvalue weighted by Gasteiger charge is 2.33. The second kappa shape index (κ2) is 4.61. The Bertz CT molecular complexity index is 582. The molecular formula is C12H8BrF3N2. The van der Waals surface area contributed by atoms with E-state index in [2.05, 4.69) is 20.9 Å². The lowest BCUT2D eigenvalue weighted by atomic mass is 10.0. The zero-order valence-electron chi connectivity index (χ0n) is 9.00. The van der Waals surface area contributed by atoms with Crippen molar-refractivity contribution in [1.82, 2.24) is 4.98 Å². The number of alkyl halides is 3. The lowest BCUT2D eigenvalue weighted by Gasteiger charge is -2.12. The molecule has 0 aliphatic heterocycles. The fraction of sp³-hybridized carbons (Fsp3) is 0.0833. The molecule has 18 heavy (non-hydrogen) atoms. The van der Waals surface area contributed by atoms with Crippen LogP contribution in [-0.4, -0.2) is 4.98 Å². The first-order valence-electron chi connectivity index (χ1n) is 4.97. The number of nitrogen functional groups attached to an aromatic ring is 1. The van der Waals surface area contributed by atoms with Gasteiger partial charge in [-0.2, -0.15) is 13.2 Å². The van der Waals surface area contributed by atoms with Crippen molar-refractivity contribution in [1.29, 1.82) is 0 Å². The Morgan fingerprint density at radius 1 is 1.17 bits per heavy atom. The van der Waals surface area contributed by atoms with E-state index < -0.39 is 11.7 Å². The Kier molecular flexibility index (Phi) is 3.30. The summed E-state index contributed by atoms with van der Waals surface area (Å²) in [6, 6.07) is 6.68. The highest BCUT2D eigenvalue weighted by molar-refractivity contribution is 9.10. The SMILES string of the molecule is Nc1cc(-c2ccccc2C(F)(F)F)ncc1Br. The molecule has 1 heterocycles. The van der Waals surface area contributed by atoms with Crippen molar-refractivity contribution in [2.75, 3.05) is 5.73 Å². The van der Waals surface area contributed by atoms with Crippen LogP contribution in [0.4, 0.5) is 18.9 Å². The van der Waals surface area contributed by atoms with Gasteiger partial charge in [0.2, 0.25) is 0 Å². The summed E-state index contributed by atoms with van der Waals surface area (Å²) in [6.07, 6.45) is -3.03. The number of halogens is 4. The summed E-state index contributed by atoms with van der Waals surface area (Å²) < 4.78 is 39.1. The zero-order chi connectivity index (χ0) is 13.3. The molecule has 2 nitrogen and oxygen atoms in total. The number of rotatable bonds is 1. The summed E-state index contributed by atoms with van der Waals surface area (Å²) in [5.41, 5.74) is 5.49. The Balaban J connectivity index is 2.61. The van der Waals surface area contributed by atoms with Crippen molar-refractivity contribution in [2.45, 2.75) is 6.18 Å². The van der Waals surface area contributed by atoms with Gasteiger partial charge in [-0.15, -0.1) is 0 Å². The Hall–Kier alpha value is -1.56. The molecule has 0 saturated heterocycles. The number of anilines is 1. The van der Waals surface area contributed by atoms with Crippen LogP contribution in [0.3, 0.4) is 0 Å². The second-order valence-corrected chi connectivity index (χ2v) is 4.49. The Morgan fingerprint density at radius 3 is 2.44 bits per heavy atom. The van der Waals surface area contributed by atoms with E-state index in [1.165, 1.54) is 30.5 Å². The summed E-state index contributed by atoms with van der Waals surface area (Å²) in [5.74, 6) is 0. The third-order valence-corrected chi connectivity index (χ3v) is 3.06. The van der Waals surface area contributed by atoms with E-state index in [0.29, 0.717) is 10.2 Å². The van der Waals surface area contributed by atoms with Crippen LogP contribution in [0, 0.1) is 0 Å². The zero-order valence-corrected chi connectivity index (χ0v) is 10.6. The number of pyridine rings is 1. The molecule has 1 aromatic heterocycles. The Morgan fingerprint density at radius 2 is 1.83 bits per heavy atom. The Labute approximate surface area is 110 Å². The van der Waals surface area contributed by atoms with Crippen LogP contribution in [0.5, 0.6) is 0 Å². The molecule has 0 radical (unpaired) electrons. The molecular weight excluding hydrogens is 309 g/mol. The predicted molar refractivity (Wildman–Crippen MR) is 66.8 cm³/mol. The van der Waals surface area contributed by atoms with E-state index >= 15 is 0 Å². The van der Waals surface area contributed by atoms with E-state index in [1.54, 1.807) is 0 Å². The first-order chi connectivity index (χ1) is 8.39. The summed E-state index contributed by atoms with van der Waals surface area (Å²) in [6.45, 7) is 0. The first-order valence-corrected chi connectivity index (χ1v) is 5.76. The van der Waals surface area contributed by atoms with Gasteiger partial charge in [0.15, 0.2) is 0 Å². The van der Waals surface area contributed by atoms with E-state index in [4.69, 9.17) is 5.73 Å². The number of hydrogen-bond donors (Lipinski definition) is 1. The van der Waals surface area contributed by atoms with Gasteiger partial charge in [0, 0.05) is 17.4 Å². The molecule has 2 aromatic rings. The third kappa shape index (κ3) is 2.48. The molecule has 0 bridgehead atoms. The van der Waals surface area contributed by atoms with E-state index in [-0.39, 0.29) is 11.3 Å². The standard InChI is InChI=1S/C12H8BrF3N2/c13-9-6-18-11(5-10(9)17)7-3-1-2-4-8(7)12(14,15)16/h1-6H,(H2,17,18). The van der Waals surface area contributed by atoms with Crippen molar-refractivity contribution in [3.05, 3.63) is 46.6 Å². The van der Waals surface area contributed by atoms with Gasteiger partial charge in [-0.25, -0.2) is 0 Å². The summed E-state index contributed by atoms with van der Waals surface area (Å²) >= 11 is 3.15. The van der Waals surface area contributed by atoms with Crippen molar-refractivity contribution in [3.63, 3.8) is 0 Å². The summed E-state index contributed by atoms with van der Waals surface area (Å²) in [5, 5.41) is 0. The lowest BCUT2D eigenvalue weighted by Crippen LogP contribution is -2.07. The van der Waals surface area contributed by atoms with Gasteiger partial charge in [0.05, 0.1) is 15.7 Å². The van der Waals surface area contributed by atoms with Gasteiger partial charge in [0.1, 0.15) is 0 Å². The van der Waals surface area contributed by atoms with Gasteiger partial charge in [-0.3, -0.25) is 4.98 Å². The monoisotopic (exact) mass is 316 g/mol. The molecule has 0 unspecified atom stereocenters. The number of benzene rings is 1. The normalized spacial score (nSPS) is 11.6. The maximum atomic E-state index is 12.8. The third-order valence-electron chi connectivity index (χ3n) is 2.39. The van der Waals surface area contributed by atoms with Crippen molar-refractivity contribution >= 4 is 21.6 Å². The van der Waals surface area contributed by atoms with Crippen molar-refractivity contribution < 1.29 is 13.2 Å². The largest absolute Gasteiger partial charge is 0.417 e. The maximum Gasteiger partial charge on any atom is 0.417 e. The molecule has 0 saturated carbocycles. The molecule has 0 spiro atoms. The first kappa shape index (κ1) is 12.9. The molecule has 94 valence electrons. The van der Waals surface area contributed by atoms with Crippen LogP contribution >= 0.6 is 15.9 Å². The van der Waals surface area contributed by atoms with Gasteiger partial charge in [-0.05, 0) is 28.1 Å². The molecule has 2 N–H and O–H groups in total. The molecule has 0 fully saturated rings. The van der Waals surface area contributed by atoms with Crippen LogP contribution < -0.4 is 5.73 Å². The van der Waals surface area contributed by atoms with E-state index in [0.717, 1.165) is 6.07 Å². The molecule has 6 heteroatoms. The summed E-state index contributed by atoms with van der Waals surface area (Å²) in [4.78, 5) is 3.96. The van der Waals surface area contributed by atoms with Crippen LogP contribution in [-0.2, 0) is 6.18 Å². The van der Waals surface area contributed by atoms with Gasteiger partial charge in [0.25, 0.3) is 0 Å². The number of nitrogens with two attached hydrogens (primary N) is 1. The summed E-state index contributed by atoms with van der Waals surface area (Å²) in [7, 11) is 0. The lowest BCUT2D eigenvalue weighted by molar-refractivity contribution is -0.137. The fourth-order valence-corrected chi connectivity index (χ4v) is 1.77. The maximum absolute atomic E-state index is 12.8. The number of aromatic nitrogens is 1. The molecule has 0 aliphatic rings. The minimum atomic E-state index is -4.42. The van der Waals surface area contributed by atoms with Crippen LogP contribution in [0.15, 0.2) is 41.0 Å². The fourth-order valence-electron chi connectivity index (χ4n) is 1.56. The molecule has 0 atom stereocenters.